The Labute approximate surface area is 178 Å². The molecule has 0 unspecified atom stereocenters. The molecule has 1 saturated carbocycles. The molecule has 4 aromatic rings. The molecule has 6 nitrogen and oxygen atoms in total. The summed E-state index contributed by atoms with van der Waals surface area (Å²) >= 11 is 6.51. The summed E-state index contributed by atoms with van der Waals surface area (Å²) in [6.45, 7) is 0. The van der Waals surface area contributed by atoms with Gasteiger partial charge in [-0.05, 0) is 67.1 Å². The fourth-order valence-electron chi connectivity index (χ4n) is 4.23. The molecule has 1 fully saturated rings. The average Bonchev–Trinajstić information content (AvgIpc) is 3.42. The number of fused-ring (bicyclic) bond motifs is 1. The first-order valence-electron chi connectivity index (χ1n) is 10.1. The standard InChI is InChI=1S/C23H21ClN4O2/c24-19-13-20-18(23(30)27(14-25-20)21-3-1-4-22(21)29)12-16(19)11-15-5-7-17(8-6-15)28-10-2-9-26-28/h2,5-10,12-14,21-22,29H,1,3-4,11H2/t21-,22-/m1/s1. The lowest BCUT2D eigenvalue weighted by Gasteiger charge is -2.18. The summed E-state index contributed by atoms with van der Waals surface area (Å²) in [6, 6.07) is 13.4. The van der Waals surface area contributed by atoms with Gasteiger partial charge in [-0.1, -0.05) is 23.7 Å². The van der Waals surface area contributed by atoms with Crippen LogP contribution in [0.25, 0.3) is 16.6 Å². The van der Waals surface area contributed by atoms with Gasteiger partial charge in [0.15, 0.2) is 0 Å². The molecule has 2 aromatic heterocycles. The van der Waals surface area contributed by atoms with Gasteiger partial charge in [-0.3, -0.25) is 9.36 Å². The summed E-state index contributed by atoms with van der Waals surface area (Å²) in [7, 11) is 0. The first-order valence-corrected chi connectivity index (χ1v) is 10.4. The molecule has 0 aliphatic heterocycles. The smallest absolute Gasteiger partial charge is 0.261 e. The molecule has 1 aliphatic rings. The van der Waals surface area contributed by atoms with Crippen LogP contribution in [0.5, 0.6) is 0 Å². The summed E-state index contributed by atoms with van der Waals surface area (Å²) in [4.78, 5) is 17.5. The third-order valence-corrected chi connectivity index (χ3v) is 6.20. The van der Waals surface area contributed by atoms with E-state index in [2.05, 4.69) is 10.1 Å². The van der Waals surface area contributed by atoms with Crippen molar-refractivity contribution in [2.45, 2.75) is 37.8 Å². The fraction of sp³-hybridized carbons (Fsp3) is 0.261. The monoisotopic (exact) mass is 420 g/mol. The van der Waals surface area contributed by atoms with E-state index in [-0.39, 0.29) is 11.6 Å². The molecular formula is C23H21ClN4O2. The predicted molar refractivity (Wildman–Crippen MR) is 116 cm³/mol. The van der Waals surface area contributed by atoms with Crippen LogP contribution >= 0.6 is 11.6 Å². The second-order valence-corrected chi connectivity index (χ2v) is 8.18. The highest BCUT2D eigenvalue weighted by Gasteiger charge is 2.28. The molecule has 2 heterocycles. The Kier molecular flexibility index (Phi) is 4.89. The Morgan fingerprint density at radius 3 is 2.70 bits per heavy atom. The van der Waals surface area contributed by atoms with Gasteiger partial charge in [0.05, 0.1) is 35.1 Å². The molecule has 0 saturated heterocycles. The molecule has 0 spiro atoms. The molecule has 2 atom stereocenters. The quantitative estimate of drug-likeness (QED) is 0.543. The Morgan fingerprint density at radius 1 is 1.17 bits per heavy atom. The van der Waals surface area contributed by atoms with Gasteiger partial charge < -0.3 is 5.11 Å². The van der Waals surface area contributed by atoms with Crippen molar-refractivity contribution >= 4 is 22.5 Å². The molecule has 5 rings (SSSR count). The van der Waals surface area contributed by atoms with E-state index in [1.807, 2.05) is 42.6 Å². The fourth-order valence-corrected chi connectivity index (χ4v) is 4.45. The van der Waals surface area contributed by atoms with Crippen LogP contribution in [0.1, 0.15) is 36.4 Å². The van der Waals surface area contributed by atoms with Gasteiger partial charge in [-0.25, -0.2) is 9.67 Å². The Morgan fingerprint density at radius 2 is 2.00 bits per heavy atom. The lowest BCUT2D eigenvalue weighted by molar-refractivity contribution is 0.134. The molecule has 0 amide bonds. The van der Waals surface area contributed by atoms with Crippen molar-refractivity contribution in [1.82, 2.24) is 19.3 Å². The number of rotatable bonds is 4. The van der Waals surface area contributed by atoms with E-state index in [1.165, 1.54) is 6.33 Å². The van der Waals surface area contributed by atoms with Crippen molar-refractivity contribution in [2.75, 3.05) is 0 Å². The zero-order valence-electron chi connectivity index (χ0n) is 16.3. The maximum absolute atomic E-state index is 13.1. The Bertz CT molecular complexity index is 1250. The zero-order valence-corrected chi connectivity index (χ0v) is 17.0. The molecule has 0 bridgehead atoms. The molecule has 1 aliphatic carbocycles. The number of halogens is 1. The van der Waals surface area contributed by atoms with E-state index in [4.69, 9.17) is 11.6 Å². The van der Waals surface area contributed by atoms with Crippen molar-refractivity contribution < 1.29 is 5.11 Å². The number of aromatic nitrogens is 4. The lowest BCUT2D eigenvalue weighted by atomic mass is 10.0. The van der Waals surface area contributed by atoms with E-state index >= 15 is 0 Å². The van der Waals surface area contributed by atoms with E-state index in [1.54, 1.807) is 21.5 Å². The molecular weight excluding hydrogens is 400 g/mol. The van der Waals surface area contributed by atoms with Gasteiger partial charge in [0.2, 0.25) is 0 Å². The number of hydrogen-bond acceptors (Lipinski definition) is 4. The van der Waals surface area contributed by atoms with Gasteiger partial charge in [0, 0.05) is 17.4 Å². The number of nitrogens with zero attached hydrogens (tertiary/aromatic N) is 4. The highest BCUT2D eigenvalue weighted by molar-refractivity contribution is 6.32. The summed E-state index contributed by atoms with van der Waals surface area (Å²) in [5.74, 6) is 0. The van der Waals surface area contributed by atoms with Crippen molar-refractivity contribution in [2.24, 2.45) is 0 Å². The van der Waals surface area contributed by atoms with Crippen LogP contribution in [0.15, 0.2) is 66.0 Å². The summed E-state index contributed by atoms with van der Waals surface area (Å²) in [6.07, 6.45) is 7.70. The number of hydrogen-bond donors (Lipinski definition) is 1. The van der Waals surface area contributed by atoms with Crippen molar-refractivity contribution in [1.29, 1.82) is 0 Å². The highest BCUT2D eigenvalue weighted by Crippen LogP contribution is 2.30. The molecule has 2 aromatic carbocycles. The number of aliphatic hydroxyl groups is 1. The minimum absolute atomic E-state index is 0.127. The normalized spacial score (nSPS) is 18.9. The number of aliphatic hydroxyl groups excluding tert-OH is 1. The third-order valence-electron chi connectivity index (χ3n) is 5.85. The first-order chi connectivity index (χ1) is 14.6. The van der Waals surface area contributed by atoms with E-state index in [0.29, 0.717) is 22.3 Å². The minimum Gasteiger partial charge on any atom is -0.391 e. The number of benzene rings is 2. The van der Waals surface area contributed by atoms with Crippen LogP contribution in [-0.2, 0) is 6.42 Å². The second kappa shape index (κ2) is 7.70. The first kappa shape index (κ1) is 19.0. The van der Waals surface area contributed by atoms with Crippen LogP contribution in [0.2, 0.25) is 5.02 Å². The topological polar surface area (TPSA) is 72.9 Å². The second-order valence-electron chi connectivity index (χ2n) is 7.78. The third kappa shape index (κ3) is 3.42. The van der Waals surface area contributed by atoms with Gasteiger partial charge in [-0.15, -0.1) is 0 Å². The predicted octanol–water partition coefficient (Wildman–Crippen LogP) is 3.91. The molecule has 0 radical (unpaired) electrons. The summed E-state index contributed by atoms with van der Waals surface area (Å²) in [5, 5.41) is 15.6. The maximum Gasteiger partial charge on any atom is 0.261 e. The van der Waals surface area contributed by atoms with Gasteiger partial charge in [0.1, 0.15) is 0 Å². The van der Waals surface area contributed by atoms with Crippen LogP contribution in [0, 0.1) is 0 Å². The van der Waals surface area contributed by atoms with E-state index < -0.39 is 6.10 Å². The largest absolute Gasteiger partial charge is 0.391 e. The summed E-state index contributed by atoms with van der Waals surface area (Å²) in [5.41, 5.74) is 3.39. The average molecular weight is 421 g/mol. The van der Waals surface area contributed by atoms with Gasteiger partial charge in [0.25, 0.3) is 5.56 Å². The Hall–Kier alpha value is -2.96. The molecule has 7 heteroatoms. The zero-order chi connectivity index (χ0) is 20.7. The van der Waals surface area contributed by atoms with Gasteiger partial charge in [-0.2, -0.15) is 5.10 Å². The van der Waals surface area contributed by atoms with Crippen LogP contribution < -0.4 is 5.56 Å². The minimum atomic E-state index is -0.498. The Balaban J connectivity index is 1.49. The van der Waals surface area contributed by atoms with Crippen LogP contribution in [0.3, 0.4) is 0 Å². The lowest BCUT2D eigenvalue weighted by Crippen LogP contribution is -2.29. The van der Waals surface area contributed by atoms with Gasteiger partial charge >= 0.3 is 0 Å². The highest BCUT2D eigenvalue weighted by atomic mass is 35.5. The van der Waals surface area contributed by atoms with Crippen LogP contribution in [-0.4, -0.2) is 30.5 Å². The van der Waals surface area contributed by atoms with Crippen molar-refractivity contribution in [3.63, 3.8) is 0 Å². The van der Waals surface area contributed by atoms with E-state index in [9.17, 15) is 9.90 Å². The SMILES string of the molecule is O=c1c2cc(Cc3ccc(-n4cccn4)cc3)c(Cl)cc2ncn1[C@@H]1CCC[C@H]1O. The molecule has 30 heavy (non-hydrogen) atoms. The molecule has 1 N–H and O–H groups in total. The van der Waals surface area contributed by atoms with E-state index in [0.717, 1.165) is 36.1 Å². The summed E-state index contributed by atoms with van der Waals surface area (Å²) < 4.78 is 3.38. The molecule has 152 valence electrons. The van der Waals surface area contributed by atoms with Crippen LogP contribution in [0.4, 0.5) is 0 Å². The van der Waals surface area contributed by atoms with Crippen molar-refractivity contribution in [3.8, 4) is 5.69 Å². The maximum atomic E-state index is 13.1. The van der Waals surface area contributed by atoms with Crippen molar-refractivity contribution in [3.05, 3.63) is 87.7 Å².